The summed E-state index contributed by atoms with van der Waals surface area (Å²) in [5.41, 5.74) is 3.24. The number of nitrogens with zero attached hydrogens (tertiary/aromatic N) is 4. The van der Waals surface area contributed by atoms with E-state index in [9.17, 15) is 0 Å². The second-order valence-corrected chi connectivity index (χ2v) is 6.61. The first-order chi connectivity index (χ1) is 10.8. The van der Waals surface area contributed by atoms with Crippen LogP contribution in [0.25, 0.3) is 0 Å². The summed E-state index contributed by atoms with van der Waals surface area (Å²) in [7, 11) is 0. The molecule has 2 aromatic heterocycles. The van der Waals surface area contributed by atoms with E-state index in [1.165, 1.54) is 18.4 Å². The van der Waals surface area contributed by atoms with Gasteiger partial charge in [-0.3, -0.25) is 9.88 Å². The van der Waals surface area contributed by atoms with Gasteiger partial charge in [-0.25, -0.2) is 9.97 Å². The highest BCUT2D eigenvalue weighted by Crippen LogP contribution is 2.44. The van der Waals surface area contributed by atoms with Gasteiger partial charge in [0.15, 0.2) is 0 Å². The average molecular weight is 294 g/mol. The topological polar surface area (TPSA) is 51.1 Å². The quantitative estimate of drug-likeness (QED) is 0.866. The van der Waals surface area contributed by atoms with Crippen LogP contribution in [0.1, 0.15) is 41.5 Å². The van der Waals surface area contributed by atoms with Gasteiger partial charge in [-0.15, -0.1) is 0 Å². The zero-order valence-electron chi connectivity index (χ0n) is 12.4. The molecule has 1 saturated carbocycles. The van der Waals surface area contributed by atoms with Crippen LogP contribution in [0, 0.1) is 0 Å². The Balaban J connectivity index is 1.32. The second-order valence-electron chi connectivity index (χ2n) is 6.61. The van der Waals surface area contributed by atoms with E-state index in [0.29, 0.717) is 12.5 Å². The number of pyridine rings is 1. The van der Waals surface area contributed by atoms with Crippen molar-refractivity contribution in [2.45, 2.75) is 37.5 Å². The first kappa shape index (κ1) is 12.7. The minimum Gasteiger partial charge on any atom is -0.361 e. The van der Waals surface area contributed by atoms with E-state index in [1.807, 2.05) is 24.5 Å². The summed E-state index contributed by atoms with van der Waals surface area (Å²) in [6.45, 7) is 3.32. The molecule has 0 bridgehead atoms. The molecule has 1 spiro atoms. The van der Waals surface area contributed by atoms with Crippen molar-refractivity contribution in [2.75, 3.05) is 13.1 Å². The predicted octanol–water partition coefficient (Wildman–Crippen LogP) is 1.99. The molecule has 112 valence electrons. The molecule has 2 fully saturated rings. The third-order valence-corrected chi connectivity index (χ3v) is 4.87. The van der Waals surface area contributed by atoms with Crippen molar-refractivity contribution in [3.63, 3.8) is 0 Å². The maximum absolute atomic E-state index is 6.11. The number of aromatic nitrogens is 3. The number of ether oxygens (including phenoxy) is 1. The lowest BCUT2D eigenvalue weighted by molar-refractivity contribution is -0.145. The Bertz CT molecular complexity index is 708. The van der Waals surface area contributed by atoms with Gasteiger partial charge in [0.1, 0.15) is 11.4 Å². The molecule has 0 aromatic carbocycles. The van der Waals surface area contributed by atoms with E-state index in [-0.39, 0.29) is 5.60 Å². The van der Waals surface area contributed by atoms with E-state index in [0.717, 1.165) is 36.8 Å². The van der Waals surface area contributed by atoms with Crippen molar-refractivity contribution in [1.82, 2.24) is 19.9 Å². The lowest BCUT2D eigenvalue weighted by atomic mass is 9.87. The highest BCUT2D eigenvalue weighted by molar-refractivity contribution is 5.33. The molecule has 0 unspecified atom stereocenters. The minimum absolute atomic E-state index is 0.174. The normalized spacial score (nSPS) is 22.5. The Morgan fingerprint density at radius 2 is 2.14 bits per heavy atom. The van der Waals surface area contributed by atoms with Crippen molar-refractivity contribution in [2.24, 2.45) is 0 Å². The Hall–Kier alpha value is -1.85. The highest BCUT2D eigenvalue weighted by atomic mass is 16.5. The molecule has 2 aromatic rings. The maximum atomic E-state index is 6.11. The van der Waals surface area contributed by atoms with Crippen LogP contribution in [0.15, 0.2) is 30.6 Å². The van der Waals surface area contributed by atoms with Gasteiger partial charge >= 0.3 is 0 Å². The van der Waals surface area contributed by atoms with Crippen LogP contribution in [0.3, 0.4) is 0 Å². The van der Waals surface area contributed by atoms with Crippen LogP contribution in [-0.2, 0) is 23.5 Å². The Morgan fingerprint density at radius 3 is 2.91 bits per heavy atom. The maximum Gasteiger partial charge on any atom is 0.131 e. The largest absolute Gasteiger partial charge is 0.361 e. The first-order valence-corrected chi connectivity index (χ1v) is 7.95. The summed E-state index contributed by atoms with van der Waals surface area (Å²) in [6.07, 6.45) is 6.34. The number of hydrogen-bond donors (Lipinski definition) is 0. The molecular weight excluding hydrogens is 276 g/mol. The third-order valence-electron chi connectivity index (χ3n) is 4.87. The zero-order valence-corrected chi connectivity index (χ0v) is 12.4. The summed E-state index contributed by atoms with van der Waals surface area (Å²) in [6, 6.07) is 6.05. The highest BCUT2D eigenvalue weighted by Gasteiger charge is 2.51. The van der Waals surface area contributed by atoms with Gasteiger partial charge in [0, 0.05) is 43.5 Å². The van der Waals surface area contributed by atoms with Crippen LogP contribution in [0.2, 0.25) is 0 Å². The SMILES string of the molecule is c1ccc(CN2CC3(C2)OCc2nc(C4CC4)ncc23)nc1. The van der Waals surface area contributed by atoms with Gasteiger partial charge in [0.25, 0.3) is 0 Å². The predicted molar refractivity (Wildman–Crippen MR) is 80.0 cm³/mol. The van der Waals surface area contributed by atoms with Crippen LogP contribution >= 0.6 is 0 Å². The Morgan fingerprint density at radius 1 is 1.23 bits per heavy atom. The van der Waals surface area contributed by atoms with Crippen LogP contribution < -0.4 is 0 Å². The summed E-state index contributed by atoms with van der Waals surface area (Å²) in [5, 5.41) is 0. The molecule has 0 radical (unpaired) electrons. The summed E-state index contributed by atoms with van der Waals surface area (Å²) >= 11 is 0. The minimum atomic E-state index is -0.174. The molecule has 5 heteroatoms. The fourth-order valence-corrected chi connectivity index (χ4v) is 3.52. The van der Waals surface area contributed by atoms with E-state index in [4.69, 9.17) is 9.72 Å². The number of likely N-dealkylation sites (tertiary alicyclic amines) is 1. The molecule has 5 rings (SSSR count). The first-order valence-electron chi connectivity index (χ1n) is 7.95. The van der Waals surface area contributed by atoms with Gasteiger partial charge in [-0.2, -0.15) is 0 Å². The van der Waals surface area contributed by atoms with Crippen LogP contribution in [0.5, 0.6) is 0 Å². The van der Waals surface area contributed by atoms with E-state index in [2.05, 4.69) is 20.9 Å². The van der Waals surface area contributed by atoms with Crippen molar-refractivity contribution in [1.29, 1.82) is 0 Å². The Kier molecular flexibility index (Phi) is 2.63. The fourth-order valence-electron chi connectivity index (χ4n) is 3.52. The van der Waals surface area contributed by atoms with Crippen molar-refractivity contribution in [3.8, 4) is 0 Å². The smallest absolute Gasteiger partial charge is 0.131 e. The van der Waals surface area contributed by atoms with Crippen molar-refractivity contribution < 1.29 is 4.74 Å². The summed E-state index contributed by atoms with van der Waals surface area (Å²) in [5.74, 6) is 1.62. The van der Waals surface area contributed by atoms with Gasteiger partial charge in [0.05, 0.1) is 18.0 Å². The molecule has 1 saturated heterocycles. The molecule has 3 aliphatic rings. The van der Waals surface area contributed by atoms with E-state index in [1.54, 1.807) is 0 Å². The van der Waals surface area contributed by atoms with E-state index < -0.39 is 0 Å². The van der Waals surface area contributed by atoms with Crippen molar-refractivity contribution >= 4 is 0 Å². The third kappa shape index (κ3) is 1.96. The number of rotatable bonds is 3. The van der Waals surface area contributed by atoms with Crippen molar-refractivity contribution in [3.05, 3.63) is 53.4 Å². The molecule has 22 heavy (non-hydrogen) atoms. The van der Waals surface area contributed by atoms with Crippen LogP contribution in [0.4, 0.5) is 0 Å². The molecule has 0 N–H and O–H groups in total. The van der Waals surface area contributed by atoms with E-state index >= 15 is 0 Å². The molecule has 5 nitrogen and oxygen atoms in total. The molecule has 0 atom stereocenters. The van der Waals surface area contributed by atoms with Gasteiger partial charge in [0.2, 0.25) is 0 Å². The van der Waals surface area contributed by atoms with Gasteiger partial charge in [-0.05, 0) is 25.0 Å². The lowest BCUT2D eigenvalue weighted by Crippen LogP contribution is -2.58. The second kappa shape index (κ2) is 4.57. The van der Waals surface area contributed by atoms with Gasteiger partial charge < -0.3 is 4.74 Å². The number of hydrogen-bond acceptors (Lipinski definition) is 5. The molecular formula is C17H18N4O. The zero-order chi connectivity index (χ0) is 14.6. The van der Waals surface area contributed by atoms with Crippen LogP contribution in [-0.4, -0.2) is 32.9 Å². The summed E-state index contributed by atoms with van der Waals surface area (Å²) < 4.78 is 6.11. The monoisotopic (exact) mass is 294 g/mol. The van der Waals surface area contributed by atoms with Gasteiger partial charge in [-0.1, -0.05) is 6.07 Å². The average Bonchev–Trinajstić information content (AvgIpc) is 3.30. The number of fused-ring (bicyclic) bond motifs is 2. The molecule has 2 aliphatic heterocycles. The molecule has 1 aliphatic carbocycles. The molecule has 4 heterocycles. The Labute approximate surface area is 129 Å². The lowest BCUT2D eigenvalue weighted by Gasteiger charge is -2.47. The summed E-state index contributed by atoms with van der Waals surface area (Å²) in [4.78, 5) is 16.1. The molecule has 0 amide bonds. The standard InChI is InChI=1S/C17H18N4O/c1-2-6-18-13(3-1)8-21-10-17(11-21)14-7-19-16(12-4-5-12)20-15(14)9-22-17/h1-3,6-7,12H,4-5,8-11H2. The fraction of sp³-hybridized carbons (Fsp3) is 0.471.